The number of aliphatic imine (C=N–C) groups is 1. The number of benzene rings is 1. The predicted octanol–water partition coefficient (Wildman–Crippen LogP) is 2.74. The summed E-state index contributed by atoms with van der Waals surface area (Å²) in [4.78, 5) is 3.49. The molecule has 1 rings (SSSR count). The van der Waals surface area contributed by atoms with Crippen LogP contribution in [-0.2, 0) is 0 Å². The van der Waals surface area contributed by atoms with Gasteiger partial charge in [0.15, 0.2) is 5.84 Å². The molecule has 0 amide bonds. The van der Waals surface area contributed by atoms with E-state index in [1.54, 1.807) is 0 Å². The fourth-order valence-electron chi connectivity index (χ4n) is 0.687. The van der Waals surface area contributed by atoms with Gasteiger partial charge < -0.3 is 0 Å². The molecule has 1 N–H and O–H groups in total. The normalized spacial score (nSPS) is 7.83. The first-order valence-corrected chi connectivity index (χ1v) is 3.95. The Kier molecular flexibility index (Phi) is 5.53. The number of hydrogen-bond acceptors (Lipinski definition) is 1. The second kappa shape index (κ2) is 6.28. The fraction of sp³-hybridized carbons (Fsp3) is 0.200. The van der Waals surface area contributed by atoms with Crippen molar-refractivity contribution in [3.05, 3.63) is 35.9 Å². The van der Waals surface area contributed by atoms with E-state index >= 15 is 0 Å². The van der Waals surface area contributed by atoms with Gasteiger partial charge in [0.05, 0.1) is 0 Å². The average Bonchev–Trinajstić information content (AvgIpc) is 2.21. The molecule has 0 aliphatic heterocycles. The van der Waals surface area contributed by atoms with Crippen LogP contribution in [0.15, 0.2) is 35.3 Å². The summed E-state index contributed by atoms with van der Waals surface area (Å²) in [7, 11) is 0. The molecule has 0 aromatic heterocycles. The maximum Gasteiger partial charge on any atom is 0.151 e. The fourth-order valence-corrected chi connectivity index (χ4v) is 0.687. The van der Waals surface area contributed by atoms with E-state index in [9.17, 15) is 0 Å². The lowest BCUT2D eigenvalue weighted by Crippen LogP contribution is -1.91. The zero-order chi connectivity index (χ0) is 9.40. The van der Waals surface area contributed by atoms with E-state index in [4.69, 9.17) is 5.41 Å². The summed E-state index contributed by atoms with van der Waals surface area (Å²) in [5.74, 6) is 0.223. The summed E-state index contributed by atoms with van der Waals surface area (Å²) in [5, 5.41) is 7.25. The van der Waals surface area contributed by atoms with E-state index in [2.05, 4.69) is 11.7 Å². The zero-order valence-electron chi connectivity index (χ0n) is 7.54. The first-order chi connectivity index (χ1) is 5.84. The Balaban J connectivity index is 0.000000561. The van der Waals surface area contributed by atoms with Gasteiger partial charge in [-0.1, -0.05) is 44.2 Å². The van der Waals surface area contributed by atoms with Crippen molar-refractivity contribution in [2.75, 3.05) is 0 Å². The number of nitrogens with zero attached hydrogens (tertiary/aromatic N) is 1. The molecule has 1 aromatic carbocycles. The van der Waals surface area contributed by atoms with Crippen LogP contribution in [0, 0.1) is 5.41 Å². The first kappa shape index (κ1) is 10.6. The minimum atomic E-state index is 0.223. The van der Waals surface area contributed by atoms with E-state index < -0.39 is 0 Å². The summed E-state index contributed by atoms with van der Waals surface area (Å²) < 4.78 is 0. The van der Waals surface area contributed by atoms with E-state index in [1.807, 2.05) is 44.2 Å². The topological polar surface area (TPSA) is 36.2 Å². The standard InChI is InChI=1S/C8H8N2.C2H6/c1-10-8(9)7-5-3-2-4-6-7;1-2/h2-6,9H,1H2;1-2H3. The molecular weight excluding hydrogens is 148 g/mol. The summed E-state index contributed by atoms with van der Waals surface area (Å²) in [5.41, 5.74) is 0.803. The predicted molar refractivity (Wildman–Crippen MR) is 54.2 cm³/mol. The number of nitrogens with one attached hydrogen (secondary N) is 1. The smallest absolute Gasteiger partial charge is 0.151 e. The molecule has 0 heterocycles. The van der Waals surface area contributed by atoms with Gasteiger partial charge in [-0.25, -0.2) is 4.99 Å². The van der Waals surface area contributed by atoms with Gasteiger partial charge in [0, 0.05) is 5.56 Å². The molecule has 0 aliphatic rings. The third kappa shape index (κ3) is 3.10. The minimum Gasteiger partial charge on any atom is -0.282 e. The highest BCUT2D eigenvalue weighted by atomic mass is 14.8. The van der Waals surface area contributed by atoms with Gasteiger partial charge >= 0.3 is 0 Å². The molecule has 0 unspecified atom stereocenters. The summed E-state index contributed by atoms with van der Waals surface area (Å²) in [6.45, 7) is 7.26. The van der Waals surface area contributed by atoms with Crippen molar-refractivity contribution in [2.24, 2.45) is 4.99 Å². The van der Waals surface area contributed by atoms with Crippen molar-refractivity contribution >= 4 is 12.6 Å². The molecule has 0 spiro atoms. The van der Waals surface area contributed by atoms with Crippen LogP contribution in [0.25, 0.3) is 0 Å². The van der Waals surface area contributed by atoms with Gasteiger partial charge in [0.1, 0.15) is 0 Å². The van der Waals surface area contributed by atoms with Crippen LogP contribution in [0.4, 0.5) is 0 Å². The highest BCUT2D eigenvalue weighted by Crippen LogP contribution is 1.98. The van der Waals surface area contributed by atoms with Crippen molar-refractivity contribution in [3.63, 3.8) is 0 Å². The second-order valence-electron chi connectivity index (χ2n) is 1.87. The van der Waals surface area contributed by atoms with Crippen LogP contribution in [0.1, 0.15) is 19.4 Å². The molecule has 0 fully saturated rings. The Morgan fingerprint density at radius 2 is 1.75 bits per heavy atom. The van der Waals surface area contributed by atoms with Gasteiger partial charge in [-0.2, -0.15) is 0 Å². The van der Waals surface area contributed by atoms with Crippen LogP contribution in [-0.4, -0.2) is 12.6 Å². The molecular formula is C10H14N2. The molecule has 0 saturated carbocycles. The minimum absolute atomic E-state index is 0.223. The average molecular weight is 162 g/mol. The maximum absolute atomic E-state index is 7.25. The Labute approximate surface area is 73.5 Å². The summed E-state index contributed by atoms with van der Waals surface area (Å²) in [6, 6.07) is 9.30. The number of hydrogen-bond donors (Lipinski definition) is 1. The maximum atomic E-state index is 7.25. The second-order valence-corrected chi connectivity index (χ2v) is 1.87. The highest BCUT2D eigenvalue weighted by Gasteiger charge is 1.92. The monoisotopic (exact) mass is 162 g/mol. The van der Waals surface area contributed by atoms with Crippen molar-refractivity contribution < 1.29 is 0 Å². The Hall–Kier alpha value is -1.44. The third-order valence-electron chi connectivity index (χ3n) is 1.21. The van der Waals surface area contributed by atoms with Gasteiger partial charge in [0.25, 0.3) is 0 Å². The summed E-state index contributed by atoms with van der Waals surface area (Å²) in [6.07, 6.45) is 0. The SMILES string of the molecule is C=NC(=N)c1ccccc1.CC. The van der Waals surface area contributed by atoms with E-state index in [1.165, 1.54) is 0 Å². The first-order valence-electron chi connectivity index (χ1n) is 3.95. The summed E-state index contributed by atoms with van der Waals surface area (Å²) >= 11 is 0. The van der Waals surface area contributed by atoms with E-state index in [0.717, 1.165) is 5.56 Å². The Bertz CT molecular complexity index is 239. The lowest BCUT2D eigenvalue weighted by molar-refractivity contribution is 1.43. The van der Waals surface area contributed by atoms with Crippen LogP contribution in [0.5, 0.6) is 0 Å². The van der Waals surface area contributed by atoms with Gasteiger partial charge in [-0.05, 0) is 6.72 Å². The molecule has 0 bridgehead atoms. The van der Waals surface area contributed by atoms with Crippen LogP contribution < -0.4 is 0 Å². The van der Waals surface area contributed by atoms with E-state index in [-0.39, 0.29) is 5.84 Å². The van der Waals surface area contributed by atoms with Crippen LogP contribution in [0.2, 0.25) is 0 Å². The Morgan fingerprint density at radius 1 is 1.25 bits per heavy atom. The van der Waals surface area contributed by atoms with Gasteiger partial charge in [-0.3, -0.25) is 5.41 Å². The van der Waals surface area contributed by atoms with Gasteiger partial charge in [0.2, 0.25) is 0 Å². The van der Waals surface area contributed by atoms with Crippen molar-refractivity contribution in [2.45, 2.75) is 13.8 Å². The zero-order valence-corrected chi connectivity index (χ0v) is 7.54. The molecule has 0 radical (unpaired) electrons. The Morgan fingerprint density at radius 3 is 2.17 bits per heavy atom. The van der Waals surface area contributed by atoms with Crippen molar-refractivity contribution in [1.82, 2.24) is 0 Å². The number of amidine groups is 1. The quantitative estimate of drug-likeness (QED) is 0.487. The van der Waals surface area contributed by atoms with Crippen molar-refractivity contribution in [3.8, 4) is 0 Å². The highest BCUT2D eigenvalue weighted by molar-refractivity contribution is 5.98. The molecule has 2 heteroatoms. The lowest BCUT2D eigenvalue weighted by Gasteiger charge is -1.93. The third-order valence-corrected chi connectivity index (χ3v) is 1.21. The van der Waals surface area contributed by atoms with E-state index in [0.29, 0.717) is 0 Å². The lowest BCUT2D eigenvalue weighted by atomic mass is 10.2. The largest absolute Gasteiger partial charge is 0.282 e. The van der Waals surface area contributed by atoms with Crippen LogP contribution >= 0.6 is 0 Å². The molecule has 2 nitrogen and oxygen atoms in total. The van der Waals surface area contributed by atoms with Crippen molar-refractivity contribution in [1.29, 1.82) is 5.41 Å². The molecule has 0 atom stereocenters. The molecule has 12 heavy (non-hydrogen) atoms. The van der Waals surface area contributed by atoms with Crippen LogP contribution in [0.3, 0.4) is 0 Å². The molecule has 64 valence electrons. The number of rotatable bonds is 1. The molecule has 0 saturated heterocycles. The molecule has 1 aromatic rings. The van der Waals surface area contributed by atoms with Gasteiger partial charge in [-0.15, -0.1) is 0 Å². The molecule has 0 aliphatic carbocycles.